The third-order valence-electron chi connectivity index (χ3n) is 3.88. The first kappa shape index (κ1) is 18.4. The minimum absolute atomic E-state index is 0.0597. The first-order chi connectivity index (χ1) is 12.6. The zero-order valence-corrected chi connectivity index (χ0v) is 15.7. The lowest BCUT2D eigenvalue weighted by atomic mass is 10.1. The van der Waals surface area contributed by atoms with Gasteiger partial charge in [-0.3, -0.25) is 9.59 Å². The van der Waals surface area contributed by atoms with Crippen molar-refractivity contribution >= 4 is 33.4 Å². The molecule has 0 spiro atoms. The van der Waals surface area contributed by atoms with Gasteiger partial charge in [0.05, 0.1) is 13.2 Å². The fourth-order valence-electron chi connectivity index (χ4n) is 2.56. The number of ether oxygens (including phenoxy) is 2. The Kier molecular flexibility index (Phi) is 6.25. The van der Waals surface area contributed by atoms with Gasteiger partial charge < -0.3 is 19.7 Å². The van der Waals surface area contributed by atoms with Gasteiger partial charge in [-0.1, -0.05) is 22.0 Å². The third-order valence-corrected chi connectivity index (χ3v) is 4.40. The zero-order chi connectivity index (χ0) is 18.4. The highest BCUT2D eigenvalue weighted by atomic mass is 79.9. The first-order valence-corrected chi connectivity index (χ1v) is 9.06. The smallest absolute Gasteiger partial charge is 0.262 e. The Bertz CT molecular complexity index is 773. The lowest BCUT2D eigenvalue weighted by Crippen LogP contribution is -2.40. The average Bonchev–Trinajstić information content (AvgIpc) is 2.68. The van der Waals surface area contributed by atoms with E-state index >= 15 is 0 Å². The van der Waals surface area contributed by atoms with Crippen molar-refractivity contribution in [3.63, 3.8) is 0 Å². The molecule has 136 valence electrons. The topological polar surface area (TPSA) is 67.9 Å². The molecule has 26 heavy (non-hydrogen) atoms. The van der Waals surface area contributed by atoms with Crippen LogP contribution in [0.3, 0.4) is 0 Å². The van der Waals surface area contributed by atoms with Crippen LogP contribution in [0, 0.1) is 0 Å². The van der Waals surface area contributed by atoms with Crippen LogP contribution in [0.15, 0.2) is 53.0 Å². The molecule has 1 N–H and O–H groups in total. The molecule has 0 bridgehead atoms. The minimum atomic E-state index is -0.288. The van der Waals surface area contributed by atoms with Crippen LogP contribution in [0.5, 0.6) is 5.75 Å². The number of benzene rings is 2. The van der Waals surface area contributed by atoms with Crippen LogP contribution in [0.2, 0.25) is 0 Å². The summed E-state index contributed by atoms with van der Waals surface area (Å²) in [6, 6.07) is 14.1. The molecule has 2 aromatic rings. The molecule has 1 aliphatic rings. The number of hydrogen-bond acceptors (Lipinski definition) is 4. The Morgan fingerprint density at radius 2 is 1.85 bits per heavy atom. The number of halogens is 1. The molecular formula is C19H19BrN2O4. The van der Waals surface area contributed by atoms with Gasteiger partial charge in [0, 0.05) is 28.8 Å². The fraction of sp³-hybridized carbons (Fsp3) is 0.263. The second-order valence-electron chi connectivity index (χ2n) is 5.78. The van der Waals surface area contributed by atoms with E-state index in [1.54, 1.807) is 41.3 Å². The van der Waals surface area contributed by atoms with E-state index in [2.05, 4.69) is 21.2 Å². The van der Waals surface area contributed by atoms with E-state index in [1.165, 1.54) is 0 Å². The van der Waals surface area contributed by atoms with Crippen LogP contribution >= 0.6 is 15.9 Å². The summed E-state index contributed by atoms with van der Waals surface area (Å²) in [5.41, 5.74) is 1.10. The molecule has 1 saturated heterocycles. The average molecular weight is 419 g/mol. The summed E-state index contributed by atoms with van der Waals surface area (Å²) in [6.45, 7) is 2.15. The molecule has 6 nitrogen and oxygen atoms in total. The molecule has 2 amide bonds. The third kappa shape index (κ3) is 5.06. The van der Waals surface area contributed by atoms with Crippen LogP contribution < -0.4 is 10.1 Å². The van der Waals surface area contributed by atoms with E-state index in [-0.39, 0.29) is 18.4 Å². The van der Waals surface area contributed by atoms with Crippen molar-refractivity contribution in [3.8, 4) is 5.75 Å². The van der Waals surface area contributed by atoms with Crippen LogP contribution in [-0.4, -0.2) is 49.6 Å². The van der Waals surface area contributed by atoms with Gasteiger partial charge in [-0.2, -0.15) is 0 Å². The number of carbonyl (C=O) groups is 2. The van der Waals surface area contributed by atoms with Crippen LogP contribution in [-0.2, 0) is 9.53 Å². The number of amides is 2. The van der Waals surface area contributed by atoms with Crippen molar-refractivity contribution in [1.82, 2.24) is 4.90 Å². The normalized spacial score (nSPS) is 14.0. The lowest BCUT2D eigenvalue weighted by molar-refractivity contribution is -0.118. The Morgan fingerprint density at radius 3 is 2.58 bits per heavy atom. The number of nitrogens with zero attached hydrogens (tertiary/aromatic N) is 1. The van der Waals surface area contributed by atoms with E-state index in [4.69, 9.17) is 9.47 Å². The van der Waals surface area contributed by atoms with Crippen LogP contribution in [0.1, 0.15) is 10.4 Å². The van der Waals surface area contributed by atoms with Crippen molar-refractivity contribution < 1.29 is 19.1 Å². The molecule has 0 aromatic heterocycles. The highest BCUT2D eigenvalue weighted by Crippen LogP contribution is 2.17. The van der Waals surface area contributed by atoms with Crippen molar-refractivity contribution in [2.75, 3.05) is 38.2 Å². The monoisotopic (exact) mass is 418 g/mol. The number of carbonyl (C=O) groups excluding carboxylic acids is 2. The van der Waals surface area contributed by atoms with Gasteiger partial charge in [0.15, 0.2) is 6.61 Å². The highest BCUT2D eigenvalue weighted by Gasteiger charge is 2.18. The number of morpholine rings is 1. The molecule has 0 saturated carbocycles. The molecule has 1 heterocycles. The second kappa shape index (κ2) is 8.82. The first-order valence-electron chi connectivity index (χ1n) is 8.27. The molecule has 0 atom stereocenters. The van der Waals surface area contributed by atoms with Gasteiger partial charge in [-0.25, -0.2) is 0 Å². The summed E-state index contributed by atoms with van der Waals surface area (Å²) in [7, 11) is 0. The van der Waals surface area contributed by atoms with Gasteiger partial charge in [-0.15, -0.1) is 0 Å². The maximum atomic E-state index is 12.5. The van der Waals surface area contributed by atoms with E-state index in [9.17, 15) is 9.59 Å². The van der Waals surface area contributed by atoms with Crippen LogP contribution in [0.25, 0.3) is 0 Å². The summed E-state index contributed by atoms with van der Waals surface area (Å²) in [4.78, 5) is 26.3. The number of hydrogen-bond donors (Lipinski definition) is 1. The van der Waals surface area contributed by atoms with Gasteiger partial charge in [0.25, 0.3) is 11.8 Å². The lowest BCUT2D eigenvalue weighted by Gasteiger charge is -2.27. The zero-order valence-electron chi connectivity index (χ0n) is 14.1. The largest absolute Gasteiger partial charge is 0.484 e. The summed E-state index contributed by atoms with van der Waals surface area (Å²) in [6.07, 6.45) is 0. The highest BCUT2D eigenvalue weighted by molar-refractivity contribution is 9.10. The minimum Gasteiger partial charge on any atom is -0.484 e. The predicted octanol–water partition coefficient (Wildman–Crippen LogP) is 2.94. The number of anilines is 1. The summed E-state index contributed by atoms with van der Waals surface area (Å²) >= 11 is 3.34. The number of rotatable bonds is 5. The van der Waals surface area contributed by atoms with Crippen molar-refractivity contribution in [3.05, 3.63) is 58.6 Å². The standard InChI is InChI=1S/C19H19BrN2O4/c20-15-4-6-17(7-5-15)26-13-18(23)21-16-3-1-2-14(12-16)19(24)22-8-10-25-11-9-22/h1-7,12H,8-11,13H2,(H,21,23). The molecule has 1 fully saturated rings. The Labute approximate surface area is 160 Å². The Hall–Kier alpha value is -2.38. The molecular weight excluding hydrogens is 400 g/mol. The SMILES string of the molecule is O=C(COc1ccc(Br)cc1)Nc1cccc(C(=O)N2CCOCC2)c1. The molecule has 0 aliphatic carbocycles. The summed E-state index contributed by atoms with van der Waals surface area (Å²) < 4.78 is 11.7. The van der Waals surface area contributed by atoms with Gasteiger partial charge >= 0.3 is 0 Å². The quantitative estimate of drug-likeness (QED) is 0.810. The maximum Gasteiger partial charge on any atom is 0.262 e. The van der Waals surface area contributed by atoms with E-state index in [0.717, 1.165) is 4.47 Å². The van der Waals surface area contributed by atoms with E-state index in [0.29, 0.717) is 43.3 Å². The van der Waals surface area contributed by atoms with Crippen molar-refractivity contribution in [2.45, 2.75) is 0 Å². The maximum absolute atomic E-state index is 12.5. The molecule has 0 unspecified atom stereocenters. The molecule has 0 radical (unpaired) electrons. The van der Waals surface area contributed by atoms with Gasteiger partial charge in [-0.05, 0) is 42.5 Å². The molecule has 1 aliphatic heterocycles. The molecule has 7 heteroatoms. The Morgan fingerprint density at radius 1 is 1.12 bits per heavy atom. The van der Waals surface area contributed by atoms with Gasteiger partial charge in [0.1, 0.15) is 5.75 Å². The summed E-state index contributed by atoms with van der Waals surface area (Å²) in [5, 5.41) is 2.75. The number of nitrogens with one attached hydrogen (secondary N) is 1. The fourth-order valence-corrected chi connectivity index (χ4v) is 2.82. The summed E-state index contributed by atoms with van der Waals surface area (Å²) in [5.74, 6) is 0.263. The van der Waals surface area contributed by atoms with Gasteiger partial charge in [0.2, 0.25) is 0 Å². The Balaban J connectivity index is 1.56. The van der Waals surface area contributed by atoms with E-state index < -0.39 is 0 Å². The van der Waals surface area contributed by atoms with Crippen LogP contribution in [0.4, 0.5) is 5.69 Å². The molecule has 2 aromatic carbocycles. The second-order valence-corrected chi connectivity index (χ2v) is 6.69. The molecule has 3 rings (SSSR count). The van der Waals surface area contributed by atoms with Crippen molar-refractivity contribution in [2.24, 2.45) is 0 Å². The predicted molar refractivity (Wildman–Crippen MR) is 101 cm³/mol. The van der Waals surface area contributed by atoms with E-state index in [1.807, 2.05) is 12.1 Å². The van der Waals surface area contributed by atoms with Crippen molar-refractivity contribution in [1.29, 1.82) is 0 Å².